The zero-order chi connectivity index (χ0) is 17.6. The highest BCUT2D eigenvalue weighted by Crippen LogP contribution is 2.34. The van der Waals surface area contributed by atoms with Crippen molar-refractivity contribution >= 4 is 22.6 Å². The van der Waals surface area contributed by atoms with Crippen molar-refractivity contribution in [2.45, 2.75) is 19.5 Å². The van der Waals surface area contributed by atoms with Crippen molar-refractivity contribution in [3.8, 4) is 11.1 Å². The molecule has 1 aliphatic rings. The fraction of sp³-hybridized carbons (Fsp3) is 0.222. The van der Waals surface area contributed by atoms with E-state index in [-0.39, 0.29) is 26.6 Å². The Labute approximate surface area is 145 Å². The molecule has 0 bridgehead atoms. The lowest BCUT2D eigenvalue weighted by Crippen LogP contribution is -2.16. The molecule has 1 amide bonds. The maximum Gasteiger partial charge on any atom is 0.256 e. The molecule has 0 aliphatic heterocycles. The second-order valence-corrected chi connectivity index (χ2v) is 6.21. The molecule has 3 aromatic heterocycles. The molecule has 3 aromatic rings. The quantitative estimate of drug-likeness (QED) is 0.766. The molecule has 0 unspecified atom stereocenters. The zero-order valence-electron chi connectivity index (χ0n) is 13.4. The molecule has 1 saturated carbocycles. The van der Waals surface area contributed by atoms with Gasteiger partial charge >= 0.3 is 0 Å². The SMILES string of the molecule is Cc1ccncc1-c1cc2cnc(NC(=O)[C@H]3C[C@@H]3F)cc2[nH]c1=O.[HH].[HH]. The maximum atomic E-state index is 12.9. The molecule has 7 heteroatoms. The Kier molecular flexibility index (Phi) is 3.56. The average molecular weight is 342 g/mol. The number of aryl methyl sites for hydroxylation is 1. The summed E-state index contributed by atoms with van der Waals surface area (Å²) in [6, 6.07) is 5.16. The largest absolute Gasteiger partial charge is 0.321 e. The third kappa shape index (κ3) is 2.88. The van der Waals surface area contributed by atoms with E-state index in [9.17, 15) is 14.0 Å². The van der Waals surface area contributed by atoms with Crippen molar-refractivity contribution in [2.24, 2.45) is 5.92 Å². The fourth-order valence-corrected chi connectivity index (χ4v) is 2.77. The Balaban J connectivity index is 0.00000131. The molecule has 0 aromatic carbocycles. The number of fused-ring (bicyclic) bond motifs is 1. The van der Waals surface area contributed by atoms with Crippen molar-refractivity contribution in [1.29, 1.82) is 0 Å². The number of halogens is 1. The minimum atomic E-state index is -1.06. The van der Waals surface area contributed by atoms with Gasteiger partial charge in [0.05, 0.1) is 11.4 Å². The molecule has 0 saturated heterocycles. The number of hydrogen-bond acceptors (Lipinski definition) is 4. The Morgan fingerprint density at radius 3 is 2.88 bits per heavy atom. The number of carbonyl (C=O) groups excluding carboxylic acids is 1. The van der Waals surface area contributed by atoms with E-state index in [0.717, 1.165) is 16.5 Å². The van der Waals surface area contributed by atoms with E-state index in [0.29, 0.717) is 11.1 Å². The number of aromatic nitrogens is 3. The number of rotatable bonds is 3. The Morgan fingerprint density at radius 2 is 2.16 bits per heavy atom. The molecular weight excluding hydrogens is 323 g/mol. The highest BCUT2D eigenvalue weighted by molar-refractivity contribution is 5.95. The summed E-state index contributed by atoms with van der Waals surface area (Å²) in [6.07, 6.45) is 4.08. The number of carbonyl (C=O) groups is 1. The molecule has 2 N–H and O–H groups in total. The summed E-state index contributed by atoms with van der Waals surface area (Å²) >= 11 is 0. The second-order valence-electron chi connectivity index (χ2n) is 6.21. The van der Waals surface area contributed by atoms with E-state index in [4.69, 9.17) is 0 Å². The average Bonchev–Trinajstić information content (AvgIpc) is 3.32. The Bertz CT molecular complexity index is 1060. The number of alkyl halides is 1. The summed E-state index contributed by atoms with van der Waals surface area (Å²) in [6.45, 7) is 1.91. The summed E-state index contributed by atoms with van der Waals surface area (Å²) in [4.78, 5) is 35.3. The van der Waals surface area contributed by atoms with Gasteiger partial charge in [-0.1, -0.05) is 0 Å². The van der Waals surface area contributed by atoms with Crippen molar-refractivity contribution in [1.82, 2.24) is 15.0 Å². The summed E-state index contributed by atoms with van der Waals surface area (Å²) in [7, 11) is 0. The highest BCUT2D eigenvalue weighted by atomic mass is 19.1. The number of hydrogen-bond donors (Lipinski definition) is 2. The van der Waals surface area contributed by atoms with Gasteiger partial charge in [-0.15, -0.1) is 0 Å². The van der Waals surface area contributed by atoms with Crippen molar-refractivity contribution in [2.75, 3.05) is 5.32 Å². The minimum absolute atomic E-state index is 0. The first-order valence-corrected chi connectivity index (χ1v) is 7.92. The second kappa shape index (κ2) is 5.77. The smallest absolute Gasteiger partial charge is 0.256 e. The predicted molar refractivity (Wildman–Crippen MR) is 96.2 cm³/mol. The van der Waals surface area contributed by atoms with Crippen LogP contribution in [0.4, 0.5) is 10.2 Å². The van der Waals surface area contributed by atoms with E-state index in [1.54, 1.807) is 30.7 Å². The molecule has 0 radical (unpaired) electrons. The molecular formula is C18H19FN4O2. The van der Waals surface area contributed by atoms with Crippen LogP contribution in [0.1, 0.15) is 14.8 Å². The van der Waals surface area contributed by atoms with Crippen LogP contribution in [0.3, 0.4) is 0 Å². The Morgan fingerprint density at radius 1 is 1.36 bits per heavy atom. The fourth-order valence-electron chi connectivity index (χ4n) is 2.77. The van der Waals surface area contributed by atoms with E-state index in [2.05, 4.69) is 20.3 Å². The minimum Gasteiger partial charge on any atom is -0.321 e. The number of nitrogens with one attached hydrogen (secondary N) is 2. The zero-order valence-corrected chi connectivity index (χ0v) is 13.4. The van der Waals surface area contributed by atoms with Crippen LogP contribution >= 0.6 is 0 Å². The monoisotopic (exact) mass is 342 g/mol. The van der Waals surface area contributed by atoms with Gasteiger partial charge in [0.2, 0.25) is 5.91 Å². The van der Waals surface area contributed by atoms with Crippen LogP contribution in [0.25, 0.3) is 22.0 Å². The third-order valence-electron chi connectivity index (χ3n) is 4.36. The van der Waals surface area contributed by atoms with Gasteiger partial charge in [-0.25, -0.2) is 9.37 Å². The molecule has 1 fully saturated rings. The molecule has 3 heterocycles. The molecule has 6 nitrogen and oxygen atoms in total. The van der Waals surface area contributed by atoms with Gasteiger partial charge in [0.15, 0.2) is 0 Å². The molecule has 130 valence electrons. The third-order valence-corrected chi connectivity index (χ3v) is 4.36. The molecule has 25 heavy (non-hydrogen) atoms. The molecule has 1 aliphatic carbocycles. The normalized spacial score (nSPS) is 19.0. The van der Waals surface area contributed by atoms with Crippen LogP contribution < -0.4 is 10.9 Å². The number of nitrogens with zero attached hydrogens (tertiary/aromatic N) is 2. The highest BCUT2D eigenvalue weighted by Gasteiger charge is 2.43. The first-order chi connectivity index (χ1) is 12.0. The van der Waals surface area contributed by atoms with E-state index in [1.807, 2.05) is 13.0 Å². The summed E-state index contributed by atoms with van der Waals surface area (Å²) in [5.74, 6) is -0.686. The van der Waals surface area contributed by atoms with E-state index < -0.39 is 12.1 Å². The lowest BCUT2D eigenvalue weighted by molar-refractivity contribution is -0.117. The van der Waals surface area contributed by atoms with Crippen LogP contribution in [0.5, 0.6) is 0 Å². The summed E-state index contributed by atoms with van der Waals surface area (Å²) in [5, 5.41) is 3.31. The summed E-state index contributed by atoms with van der Waals surface area (Å²) < 4.78 is 12.9. The van der Waals surface area contributed by atoms with Crippen molar-refractivity contribution in [3.05, 3.63) is 52.7 Å². The topological polar surface area (TPSA) is 87.7 Å². The predicted octanol–water partition coefficient (Wildman–Crippen LogP) is 3.08. The van der Waals surface area contributed by atoms with Crippen LogP contribution in [-0.4, -0.2) is 27.0 Å². The first kappa shape index (κ1) is 15.4. The number of amides is 1. The number of anilines is 1. The van der Waals surface area contributed by atoms with Gasteiger partial charge in [0, 0.05) is 44.0 Å². The van der Waals surface area contributed by atoms with Gasteiger partial charge < -0.3 is 10.3 Å². The van der Waals surface area contributed by atoms with Gasteiger partial charge in [-0.2, -0.15) is 0 Å². The standard InChI is InChI=1S/C18H15FN4O2.2H2/c1-9-2-3-20-8-13(9)11-4-10-7-21-16(6-15(10)22-17(11)24)23-18(25)12-5-14(12)19;;/h2-4,6-8,12,14H,5H2,1H3,(H,22,24)(H,21,23,25);2*1H/t12-,14-;;/m0../s1. The van der Waals surface area contributed by atoms with Gasteiger partial charge in [-0.05, 0) is 31.0 Å². The van der Waals surface area contributed by atoms with E-state index in [1.165, 1.54) is 0 Å². The van der Waals surface area contributed by atoms with Crippen LogP contribution in [-0.2, 0) is 4.79 Å². The lowest BCUT2D eigenvalue weighted by atomic mass is 10.0. The first-order valence-electron chi connectivity index (χ1n) is 7.92. The lowest BCUT2D eigenvalue weighted by Gasteiger charge is -2.08. The van der Waals surface area contributed by atoms with Gasteiger partial charge in [-0.3, -0.25) is 14.6 Å². The molecule has 0 spiro atoms. The van der Waals surface area contributed by atoms with Crippen molar-refractivity contribution in [3.63, 3.8) is 0 Å². The van der Waals surface area contributed by atoms with Crippen LogP contribution in [0.2, 0.25) is 0 Å². The van der Waals surface area contributed by atoms with Gasteiger partial charge in [0.25, 0.3) is 5.56 Å². The van der Waals surface area contributed by atoms with Crippen LogP contribution in [0, 0.1) is 12.8 Å². The molecule has 4 rings (SSSR count). The van der Waals surface area contributed by atoms with E-state index >= 15 is 0 Å². The number of H-pyrrole nitrogens is 1. The number of pyridine rings is 3. The number of aromatic amines is 1. The Hall–Kier alpha value is -3.09. The summed E-state index contributed by atoms with van der Waals surface area (Å²) in [5.41, 5.74) is 2.51. The maximum absolute atomic E-state index is 12.9. The van der Waals surface area contributed by atoms with Crippen molar-refractivity contribution < 1.29 is 12.0 Å². The molecule has 2 atom stereocenters. The van der Waals surface area contributed by atoms with Crippen LogP contribution in [0.15, 0.2) is 41.6 Å². The van der Waals surface area contributed by atoms with Gasteiger partial charge in [0.1, 0.15) is 12.0 Å².